The number of nitrogens with one attached hydrogen (secondary N) is 2. The average Bonchev–Trinajstić information content (AvgIpc) is 2.79. The van der Waals surface area contributed by atoms with Gasteiger partial charge in [-0.15, -0.1) is 6.58 Å². The number of hydrogen-bond donors (Lipinski definition) is 3. The van der Waals surface area contributed by atoms with Crippen LogP contribution in [0.1, 0.15) is 18.1 Å². The topological polar surface area (TPSA) is 74.5 Å². The first-order valence-corrected chi connectivity index (χ1v) is 5.06. The summed E-state index contributed by atoms with van der Waals surface area (Å²) in [6.45, 7) is 4.31. The van der Waals surface area contributed by atoms with Crippen LogP contribution < -0.4 is 10.6 Å². The molecule has 1 aromatic heterocycles. The molecule has 0 saturated carbocycles. The number of urea groups is 1. The third-order valence-corrected chi connectivity index (χ3v) is 2.04. The highest BCUT2D eigenvalue weighted by Gasteiger charge is 2.08. The number of carbonyl (C=O) groups excluding carboxylic acids is 1. The summed E-state index contributed by atoms with van der Waals surface area (Å²) in [5, 5.41) is 14.8. The molecule has 0 saturated heterocycles. The Morgan fingerprint density at radius 3 is 3.06 bits per heavy atom. The van der Waals surface area contributed by atoms with E-state index in [4.69, 9.17) is 4.42 Å². The van der Waals surface area contributed by atoms with Crippen LogP contribution in [0.5, 0.6) is 0 Å². The van der Waals surface area contributed by atoms with E-state index in [1.165, 1.54) is 12.5 Å². The predicted octanol–water partition coefficient (Wildman–Crippen LogP) is 1.19. The molecule has 0 spiro atoms. The molecule has 0 aliphatic rings. The van der Waals surface area contributed by atoms with Gasteiger partial charge in [-0.25, -0.2) is 4.79 Å². The van der Waals surface area contributed by atoms with E-state index in [-0.39, 0.29) is 6.03 Å². The van der Waals surface area contributed by atoms with Gasteiger partial charge >= 0.3 is 6.03 Å². The van der Waals surface area contributed by atoms with Gasteiger partial charge in [0.05, 0.1) is 18.6 Å². The van der Waals surface area contributed by atoms with Gasteiger partial charge in [-0.05, 0) is 12.5 Å². The van der Waals surface area contributed by atoms with Crippen LogP contribution in [0.4, 0.5) is 4.79 Å². The molecule has 5 nitrogen and oxygen atoms in total. The highest BCUT2D eigenvalue weighted by Crippen LogP contribution is 2.15. The van der Waals surface area contributed by atoms with Crippen molar-refractivity contribution in [3.05, 3.63) is 36.8 Å². The molecule has 0 aliphatic carbocycles. The Hall–Kier alpha value is -1.75. The van der Waals surface area contributed by atoms with Crippen molar-refractivity contribution in [3.8, 4) is 0 Å². The highest BCUT2D eigenvalue weighted by atomic mass is 16.3. The first-order valence-electron chi connectivity index (χ1n) is 5.06. The molecule has 2 amide bonds. The summed E-state index contributed by atoms with van der Waals surface area (Å²) in [6.07, 6.45) is 4.42. The summed E-state index contributed by atoms with van der Waals surface area (Å²) < 4.78 is 4.85. The van der Waals surface area contributed by atoms with Crippen LogP contribution in [0.2, 0.25) is 0 Å². The maximum absolute atomic E-state index is 11.1. The second kappa shape index (κ2) is 6.68. The molecule has 5 heteroatoms. The molecule has 0 aromatic carbocycles. The molecule has 88 valence electrons. The molecular weight excluding hydrogens is 208 g/mol. The maximum Gasteiger partial charge on any atom is 0.315 e. The SMILES string of the molecule is C=CCNC(=O)NCCC(O)c1ccoc1. The van der Waals surface area contributed by atoms with Crippen LogP contribution in [0.3, 0.4) is 0 Å². The molecule has 0 radical (unpaired) electrons. The second-order valence-corrected chi connectivity index (χ2v) is 3.29. The molecule has 1 heterocycles. The molecule has 0 aliphatic heterocycles. The van der Waals surface area contributed by atoms with Crippen LogP contribution >= 0.6 is 0 Å². The van der Waals surface area contributed by atoms with Gasteiger partial charge in [0.2, 0.25) is 0 Å². The molecular formula is C11H16N2O3. The standard InChI is InChI=1S/C11H16N2O3/c1-2-5-12-11(15)13-6-3-10(14)9-4-7-16-8-9/h2,4,7-8,10,14H,1,3,5-6H2,(H2,12,13,15). The number of aliphatic hydroxyl groups is 1. The van der Waals surface area contributed by atoms with Gasteiger partial charge in [0.25, 0.3) is 0 Å². The molecule has 16 heavy (non-hydrogen) atoms. The van der Waals surface area contributed by atoms with Crippen molar-refractivity contribution >= 4 is 6.03 Å². The van der Waals surface area contributed by atoms with Gasteiger partial charge in [0, 0.05) is 18.7 Å². The summed E-state index contributed by atoms with van der Waals surface area (Å²) in [6, 6.07) is 1.43. The van der Waals surface area contributed by atoms with Crippen molar-refractivity contribution in [3.63, 3.8) is 0 Å². The number of furan rings is 1. The van der Waals surface area contributed by atoms with E-state index in [2.05, 4.69) is 17.2 Å². The zero-order valence-electron chi connectivity index (χ0n) is 8.98. The molecule has 1 atom stereocenters. The Balaban J connectivity index is 2.15. The summed E-state index contributed by atoms with van der Waals surface area (Å²) in [5.41, 5.74) is 0.716. The molecule has 3 N–H and O–H groups in total. The minimum absolute atomic E-state index is 0.265. The number of aliphatic hydroxyl groups excluding tert-OH is 1. The largest absolute Gasteiger partial charge is 0.472 e. The monoisotopic (exact) mass is 224 g/mol. The van der Waals surface area contributed by atoms with Crippen LogP contribution in [-0.4, -0.2) is 24.2 Å². The third kappa shape index (κ3) is 4.18. The average molecular weight is 224 g/mol. The van der Waals surface area contributed by atoms with Crippen LogP contribution in [0.15, 0.2) is 35.7 Å². The molecule has 1 rings (SSSR count). The maximum atomic E-state index is 11.1. The fraction of sp³-hybridized carbons (Fsp3) is 0.364. The van der Waals surface area contributed by atoms with Crippen LogP contribution in [0.25, 0.3) is 0 Å². The lowest BCUT2D eigenvalue weighted by Gasteiger charge is -2.09. The van der Waals surface area contributed by atoms with Gasteiger partial charge in [-0.2, -0.15) is 0 Å². The van der Waals surface area contributed by atoms with E-state index in [1.54, 1.807) is 12.1 Å². The quantitative estimate of drug-likeness (QED) is 0.635. The third-order valence-electron chi connectivity index (χ3n) is 2.04. The van der Waals surface area contributed by atoms with Crippen LogP contribution in [-0.2, 0) is 0 Å². The minimum atomic E-state index is -0.613. The fourth-order valence-corrected chi connectivity index (χ4v) is 1.18. The van der Waals surface area contributed by atoms with Crippen molar-refractivity contribution in [2.45, 2.75) is 12.5 Å². The van der Waals surface area contributed by atoms with E-state index in [9.17, 15) is 9.90 Å². The van der Waals surface area contributed by atoms with E-state index in [1.807, 2.05) is 0 Å². The Morgan fingerprint density at radius 1 is 1.62 bits per heavy atom. The smallest absolute Gasteiger partial charge is 0.315 e. The molecule has 0 bridgehead atoms. The van der Waals surface area contributed by atoms with Crippen molar-refractivity contribution in [1.29, 1.82) is 0 Å². The Morgan fingerprint density at radius 2 is 2.44 bits per heavy atom. The van der Waals surface area contributed by atoms with Crippen LogP contribution in [0, 0.1) is 0 Å². The van der Waals surface area contributed by atoms with Crippen molar-refractivity contribution < 1.29 is 14.3 Å². The summed E-state index contributed by atoms with van der Waals surface area (Å²) in [7, 11) is 0. The van der Waals surface area contributed by atoms with E-state index < -0.39 is 6.10 Å². The zero-order valence-corrected chi connectivity index (χ0v) is 8.98. The first-order chi connectivity index (χ1) is 7.74. The summed E-state index contributed by atoms with van der Waals surface area (Å²) >= 11 is 0. The Bertz CT molecular complexity index is 322. The number of hydrogen-bond acceptors (Lipinski definition) is 3. The van der Waals surface area contributed by atoms with E-state index >= 15 is 0 Å². The number of carbonyl (C=O) groups is 1. The van der Waals surface area contributed by atoms with Gasteiger partial charge in [0.1, 0.15) is 0 Å². The van der Waals surface area contributed by atoms with Crippen molar-refractivity contribution in [1.82, 2.24) is 10.6 Å². The second-order valence-electron chi connectivity index (χ2n) is 3.29. The Labute approximate surface area is 94.1 Å². The number of rotatable bonds is 6. The van der Waals surface area contributed by atoms with Crippen molar-refractivity contribution in [2.24, 2.45) is 0 Å². The Kier molecular flexibility index (Phi) is 5.15. The fourth-order valence-electron chi connectivity index (χ4n) is 1.18. The van der Waals surface area contributed by atoms with E-state index in [0.717, 1.165) is 0 Å². The lowest BCUT2D eigenvalue weighted by atomic mass is 10.1. The first kappa shape index (κ1) is 12.3. The van der Waals surface area contributed by atoms with E-state index in [0.29, 0.717) is 25.1 Å². The molecule has 1 aromatic rings. The normalized spacial score (nSPS) is 11.8. The predicted molar refractivity (Wildman–Crippen MR) is 59.9 cm³/mol. The summed E-state index contributed by atoms with van der Waals surface area (Å²) in [4.78, 5) is 11.1. The summed E-state index contributed by atoms with van der Waals surface area (Å²) in [5.74, 6) is 0. The highest BCUT2D eigenvalue weighted by molar-refractivity contribution is 5.73. The lowest BCUT2D eigenvalue weighted by Crippen LogP contribution is -2.36. The van der Waals surface area contributed by atoms with Gasteiger partial charge < -0.3 is 20.2 Å². The molecule has 0 fully saturated rings. The number of amides is 2. The molecule has 1 unspecified atom stereocenters. The lowest BCUT2D eigenvalue weighted by molar-refractivity contribution is 0.166. The van der Waals surface area contributed by atoms with Gasteiger partial charge in [0.15, 0.2) is 0 Å². The minimum Gasteiger partial charge on any atom is -0.472 e. The van der Waals surface area contributed by atoms with Gasteiger partial charge in [-0.1, -0.05) is 6.08 Å². The van der Waals surface area contributed by atoms with Gasteiger partial charge in [-0.3, -0.25) is 0 Å². The van der Waals surface area contributed by atoms with Crippen molar-refractivity contribution in [2.75, 3.05) is 13.1 Å². The zero-order chi connectivity index (χ0) is 11.8.